The van der Waals surface area contributed by atoms with E-state index in [0.717, 1.165) is 12.1 Å². The van der Waals surface area contributed by atoms with Crippen LogP contribution < -0.4 is 5.32 Å². The molecule has 2 atom stereocenters. The maximum absolute atomic E-state index is 3.58. The van der Waals surface area contributed by atoms with Crippen molar-refractivity contribution in [2.75, 3.05) is 19.6 Å². The first-order valence-electron chi connectivity index (χ1n) is 5.75. The lowest BCUT2D eigenvalue weighted by atomic mass is 10.1. The first-order valence-corrected chi connectivity index (χ1v) is 5.75. The van der Waals surface area contributed by atoms with Crippen LogP contribution in [-0.4, -0.2) is 36.6 Å². The average molecular weight is 184 g/mol. The number of hydrogen-bond acceptors (Lipinski definition) is 2. The van der Waals surface area contributed by atoms with E-state index in [4.69, 9.17) is 0 Å². The highest BCUT2D eigenvalue weighted by atomic mass is 15.2. The molecule has 1 fully saturated rings. The van der Waals surface area contributed by atoms with Crippen molar-refractivity contribution in [2.45, 2.75) is 52.1 Å². The van der Waals surface area contributed by atoms with Gasteiger partial charge in [-0.05, 0) is 26.3 Å². The van der Waals surface area contributed by atoms with E-state index < -0.39 is 0 Å². The van der Waals surface area contributed by atoms with Gasteiger partial charge in [-0.3, -0.25) is 4.90 Å². The second-order valence-electron chi connectivity index (χ2n) is 4.21. The molecule has 1 rings (SSSR count). The van der Waals surface area contributed by atoms with E-state index in [1.54, 1.807) is 0 Å². The lowest BCUT2D eigenvalue weighted by Crippen LogP contribution is -2.55. The minimum Gasteiger partial charge on any atom is -0.311 e. The third kappa shape index (κ3) is 3.28. The largest absolute Gasteiger partial charge is 0.311 e. The molecule has 1 aliphatic rings. The highest BCUT2D eigenvalue weighted by Gasteiger charge is 2.22. The van der Waals surface area contributed by atoms with Crippen molar-refractivity contribution < 1.29 is 0 Å². The SMILES string of the molecule is CCCCN1CC(CC)NCC1C. The summed E-state index contributed by atoms with van der Waals surface area (Å²) in [7, 11) is 0. The normalized spacial score (nSPS) is 30.7. The zero-order chi connectivity index (χ0) is 9.68. The molecule has 2 nitrogen and oxygen atoms in total. The first kappa shape index (κ1) is 11.0. The van der Waals surface area contributed by atoms with Crippen molar-refractivity contribution in [3.05, 3.63) is 0 Å². The van der Waals surface area contributed by atoms with Gasteiger partial charge in [0, 0.05) is 25.2 Å². The van der Waals surface area contributed by atoms with Gasteiger partial charge in [0.1, 0.15) is 0 Å². The second kappa shape index (κ2) is 5.61. The Balaban J connectivity index is 2.31. The van der Waals surface area contributed by atoms with Gasteiger partial charge in [0.05, 0.1) is 0 Å². The monoisotopic (exact) mass is 184 g/mol. The van der Waals surface area contributed by atoms with Gasteiger partial charge < -0.3 is 5.32 Å². The molecule has 78 valence electrons. The topological polar surface area (TPSA) is 15.3 Å². The Hall–Kier alpha value is -0.0800. The lowest BCUT2D eigenvalue weighted by molar-refractivity contribution is 0.137. The highest BCUT2D eigenvalue weighted by molar-refractivity contribution is 4.82. The van der Waals surface area contributed by atoms with Crippen LogP contribution in [0.15, 0.2) is 0 Å². The fourth-order valence-electron chi connectivity index (χ4n) is 1.94. The fourth-order valence-corrected chi connectivity index (χ4v) is 1.94. The molecule has 0 aromatic rings. The molecule has 0 spiro atoms. The summed E-state index contributed by atoms with van der Waals surface area (Å²) >= 11 is 0. The quantitative estimate of drug-likeness (QED) is 0.717. The summed E-state index contributed by atoms with van der Waals surface area (Å²) in [6.07, 6.45) is 3.92. The van der Waals surface area contributed by atoms with Crippen LogP contribution in [-0.2, 0) is 0 Å². The summed E-state index contributed by atoms with van der Waals surface area (Å²) in [4.78, 5) is 2.63. The van der Waals surface area contributed by atoms with Crippen molar-refractivity contribution in [1.82, 2.24) is 10.2 Å². The van der Waals surface area contributed by atoms with Crippen molar-refractivity contribution in [3.8, 4) is 0 Å². The Morgan fingerprint density at radius 1 is 1.38 bits per heavy atom. The van der Waals surface area contributed by atoms with E-state index >= 15 is 0 Å². The zero-order valence-corrected chi connectivity index (χ0v) is 9.34. The van der Waals surface area contributed by atoms with E-state index in [9.17, 15) is 0 Å². The van der Waals surface area contributed by atoms with E-state index in [1.165, 1.54) is 38.9 Å². The van der Waals surface area contributed by atoms with Crippen LogP contribution in [0.1, 0.15) is 40.0 Å². The molecule has 1 saturated heterocycles. The Morgan fingerprint density at radius 2 is 2.15 bits per heavy atom. The molecule has 0 bridgehead atoms. The molecule has 1 aliphatic heterocycles. The number of unbranched alkanes of at least 4 members (excludes halogenated alkanes) is 1. The van der Waals surface area contributed by atoms with Gasteiger partial charge in [0.2, 0.25) is 0 Å². The van der Waals surface area contributed by atoms with Crippen LogP contribution in [0.5, 0.6) is 0 Å². The van der Waals surface area contributed by atoms with Gasteiger partial charge in [-0.15, -0.1) is 0 Å². The minimum atomic E-state index is 0.730. The molecule has 1 N–H and O–H groups in total. The molecule has 0 saturated carbocycles. The van der Waals surface area contributed by atoms with E-state index in [-0.39, 0.29) is 0 Å². The Morgan fingerprint density at radius 3 is 2.77 bits per heavy atom. The van der Waals surface area contributed by atoms with E-state index in [0.29, 0.717) is 0 Å². The molecule has 0 aromatic heterocycles. The smallest absolute Gasteiger partial charge is 0.0193 e. The van der Waals surface area contributed by atoms with Crippen molar-refractivity contribution >= 4 is 0 Å². The van der Waals surface area contributed by atoms with Crippen LogP contribution in [0.3, 0.4) is 0 Å². The first-order chi connectivity index (χ1) is 6.27. The number of rotatable bonds is 4. The lowest BCUT2D eigenvalue weighted by Gasteiger charge is -2.38. The molecule has 1 heterocycles. The highest BCUT2D eigenvalue weighted by Crippen LogP contribution is 2.09. The van der Waals surface area contributed by atoms with Crippen molar-refractivity contribution in [3.63, 3.8) is 0 Å². The van der Waals surface area contributed by atoms with Gasteiger partial charge in [-0.1, -0.05) is 20.3 Å². The Labute approximate surface area is 82.7 Å². The molecular weight excluding hydrogens is 160 g/mol. The Bertz CT molecular complexity index is 136. The number of piperazine rings is 1. The van der Waals surface area contributed by atoms with Gasteiger partial charge in [0.25, 0.3) is 0 Å². The molecule has 2 unspecified atom stereocenters. The average Bonchev–Trinajstić information content (AvgIpc) is 2.17. The van der Waals surface area contributed by atoms with Crippen LogP contribution in [0.4, 0.5) is 0 Å². The van der Waals surface area contributed by atoms with Crippen LogP contribution in [0.25, 0.3) is 0 Å². The summed E-state index contributed by atoms with van der Waals surface area (Å²) in [5.41, 5.74) is 0. The predicted octanol–water partition coefficient (Wildman–Crippen LogP) is 1.86. The van der Waals surface area contributed by atoms with E-state index in [1.807, 2.05) is 0 Å². The predicted molar refractivity (Wildman–Crippen MR) is 58.0 cm³/mol. The van der Waals surface area contributed by atoms with Crippen molar-refractivity contribution in [1.29, 1.82) is 0 Å². The molecule has 2 heteroatoms. The maximum Gasteiger partial charge on any atom is 0.0193 e. The summed E-state index contributed by atoms with van der Waals surface area (Å²) in [6, 6.07) is 1.46. The second-order valence-corrected chi connectivity index (χ2v) is 4.21. The summed E-state index contributed by atoms with van der Waals surface area (Å²) in [5, 5.41) is 3.58. The van der Waals surface area contributed by atoms with Crippen LogP contribution >= 0.6 is 0 Å². The maximum atomic E-state index is 3.58. The minimum absolute atomic E-state index is 0.730. The van der Waals surface area contributed by atoms with Gasteiger partial charge >= 0.3 is 0 Å². The third-order valence-electron chi connectivity index (χ3n) is 3.07. The summed E-state index contributed by atoms with van der Waals surface area (Å²) in [6.45, 7) is 10.6. The molecule has 0 aliphatic carbocycles. The summed E-state index contributed by atoms with van der Waals surface area (Å²) < 4.78 is 0. The summed E-state index contributed by atoms with van der Waals surface area (Å²) in [5.74, 6) is 0. The number of hydrogen-bond donors (Lipinski definition) is 1. The number of nitrogens with zero attached hydrogens (tertiary/aromatic N) is 1. The molecule has 0 radical (unpaired) electrons. The molecule has 13 heavy (non-hydrogen) atoms. The fraction of sp³-hybridized carbons (Fsp3) is 1.00. The zero-order valence-electron chi connectivity index (χ0n) is 9.34. The van der Waals surface area contributed by atoms with Gasteiger partial charge in [-0.2, -0.15) is 0 Å². The standard InChI is InChI=1S/C11H24N2/c1-4-6-7-13-9-11(5-2)12-8-10(13)3/h10-12H,4-9H2,1-3H3. The van der Waals surface area contributed by atoms with Gasteiger partial charge in [0.15, 0.2) is 0 Å². The van der Waals surface area contributed by atoms with E-state index in [2.05, 4.69) is 31.0 Å². The Kier molecular flexibility index (Phi) is 4.74. The van der Waals surface area contributed by atoms with Crippen LogP contribution in [0.2, 0.25) is 0 Å². The van der Waals surface area contributed by atoms with Crippen LogP contribution in [0, 0.1) is 0 Å². The number of nitrogens with one attached hydrogen (secondary N) is 1. The van der Waals surface area contributed by atoms with Gasteiger partial charge in [-0.25, -0.2) is 0 Å². The molecule has 0 aromatic carbocycles. The van der Waals surface area contributed by atoms with Crippen molar-refractivity contribution in [2.24, 2.45) is 0 Å². The molecule has 0 amide bonds. The molecular formula is C11H24N2. The third-order valence-corrected chi connectivity index (χ3v) is 3.07.